The normalized spacial score (nSPS) is 11.6. The van der Waals surface area contributed by atoms with Gasteiger partial charge in [0.2, 0.25) is 0 Å². The van der Waals surface area contributed by atoms with Gasteiger partial charge in [-0.3, -0.25) is 0 Å². The standard InChI is InChI=1S/C16H25N5O2/c1-3-7-16(23,8-4-2)12-19-15(22)18-11-13-5-9-17-14-6-10-20-21(13)14/h5-6,9-10,23H,3-4,7-8,11-12H2,1-2H3,(H2,18,19,22). The van der Waals surface area contributed by atoms with Gasteiger partial charge in [0.1, 0.15) is 0 Å². The maximum absolute atomic E-state index is 12.0. The van der Waals surface area contributed by atoms with Gasteiger partial charge in [-0.25, -0.2) is 14.3 Å². The molecule has 126 valence electrons. The van der Waals surface area contributed by atoms with Crippen molar-refractivity contribution in [2.75, 3.05) is 6.54 Å². The van der Waals surface area contributed by atoms with Crippen LogP contribution in [0.15, 0.2) is 24.5 Å². The predicted molar refractivity (Wildman–Crippen MR) is 88.0 cm³/mol. The lowest BCUT2D eigenvalue weighted by molar-refractivity contribution is 0.0241. The highest BCUT2D eigenvalue weighted by Crippen LogP contribution is 2.18. The SMILES string of the molecule is CCCC(O)(CCC)CNC(=O)NCc1ccnc2ccnn12. The average Bonchev–Trinajstić information content (AvgIpc) is 3.00. The molecule has 7 heteroatoms. The molecule has 0 bridgehead atoms. The lowest BCUT2D eigenvalue weighted by Gasteiger charge is -2.27. The number of hydrogen-bond donors (Lipinski definition) is 3. The third-order valence-electron chi connectivity index (χ3n) is 3.81. The molecule has 0 atom stereocenters. The molecule has 0 aromatic carbocycles. The molecule has 2 amide bonds. The molecule has 0 radical (unpaired) electrons. The second kappa shape index (κ2) is 7.92. The number of aromatic nitrogens is 3. The van der Waals surface area contributed by atoms with E-state index in [2.05, 4.69) is 20.7 Å². The lowest BCUT2D eigenvalue weighted by atomic mass is 9.93. The van der Waals surface area contributed by atoms with Crippen molar-refractivity contribution in [3.63, 3.8) is 0 Å². The van der Waals surface area contributed by atoms with E-state index in [0.29, 0.717) is 19.4 Å². The van der Waals surface area contributed by atoms with Crippen LogP contribution in [-0.2, 0) is 6.54 Å². The van der Waals surface area contributed by atoms with Gasteiger partial charge in [-0.05, 0) is 18.9 Å². The number of nitrogens with one attached hydrogen (secondary N) is 2. The molecule has 0 saturated heterocycles. The van der Waals surface area contributed by atoms with Crippen molar-refractivity contribution < 1.29 is 9.90 Å². The van der Waals surface area contributed by atoms with Gasteiger partial charge in [-0.1, -0.05) is 26.7 Å². The molecule has 2 rings (SSSR count). The maximum atomic E-state index is 12.0. The number of urea groups is 1. The van der Waals surface area contributed by atoms with E-state index in [0.717, 1.165) is 24.2 Å². The summed E-state index contributed by atoms with van der Waals surface area (Å²) in [4.78, 5) is 16.1. The fourth-order valence-corrected chi connectivity index (χ4v) is 2.73. The van der Waals surface area contributed by atoms with E-state index < -0.39 is 5.60 Å². The van der Waals surface area contributed by atoms with Crippen molar-refractivity contribution in [2.24, 2.45) is 0 Å². The number of hydrogen-bond acceptors (Lipinski definition) is 4. The van der Waals surface area contributed by atoms with Crippen molar-refractivity contribution >= 4 is 11.7 Å². The van der Waals surface area contributed by atoms with Gasteiger partial charge < -0.3 is 15.7 Å². The molecular weight excluding hydrogens is 294 g/mol. The van der Waals surface area contributed by atoms with Gasteiger partial charge in [-0.15, -0.1) is 0 Å². The van der Waals surface area contributed by atoms with E-state index in [1.54, 1.807) is 23.0 Å². The molecule has 7 nitrogen and oxygen atoms in total. The highest BCUT2D eigenvalue weighted by molar-refractivity contribution is 5.73. The second-order valence-corrected chi connectivity index (χ2v) is 5.80. The zero-order chi connectivity index (χ0) is 16.7. The third kappa shape index (κ3) is 4.66. The Balaban J connectivity index is 1.86. The van der Waals surface area contributed by atoms with Crippen LogP contribution in [0.5, 0.6) is 0 Å². The second-order valence-electron chi connectivity index (χ2n) is 5.80. The first-order valence-corrected chi connectivity index (χ1v) is 8.09. The van der Waals surface area contributed by atoms with Gasteiger partial charge >= 0.3 is 6.03 Å². The summed E-state index contributed by atoms with van der Waals surface area (Å²) >= 11 is 0. The molecule has 2 aromatic heterocycles. The van der Waals surface area contributed by atoms with Gasteiger partial charge in [0.05, 0.1) is 24.0 Å². The molecular formula is C16H25N5O2. The minimum Gasteiger partial charge on any atom is -0.388 e. The summed E-state index contributed by atoms with van der Waals surface area (Å²) in [6, 6.07) is 3.32. The zero-order valence-electron chi connectivity index (χ0n) is 13.7. The highest BCUT2D eigenvalue weighted by atomic mass is 16.3. The fraction of sp³-hybridized carbons (Fsp3) is 0.562. The molecule has 0 unspecified atom stereocenters. The Hall–Kier alpha value is -2.15. The van der Waals surface area contributed by atoms with Crippen LogP contribution in [-0.4, -0.2) is 37.9 Å². The number of carbonyl (C=O) groups is 1. The summed E-state index contributed by atoms with van der Waals surface area (Å²) in [6.45, 7) is 4.65. The molecule has 2 heterocycles. The molecule has 23 heavy (non-hydrogen) atoms. The molecule has 0 spiro atoms. The largest absolute Gasteiger partial charge is 0.388 e. The minimum absolute atomic E-state index is 0.258. The van der Waals surface area contributed by atoms with E-state index >= 15 is 0 Å². The summed E-state index contributed by atoms with van der Waals surface area (Å²) < 4.78 is 1.69. The highest BCUT2D eigenvalue weighted by Gasteiger charge is 2.25. The topological polar surface area (TPSA) is 91.5 Å². The number of rotatable bonds is 8. The molecule has 0 aliphatic carbocycles. The Labute approximate surface area is 136 Å². The van der Waals surface area contributed by atoms with Crippen LogP contribution in [0.2, 0.25) is 0 Å². The Kier molecular flexibility index (Phi) is 5.92. The maximum Gasteiger partial charge on any atom is 0.315 e. The molecule has 3 N–H and O–H groups in total. The summed E-state index contributed by atoms with van der Waals surface area (Å²) in [5.41, 5.74) is 0.754. The van der Waals surface area contributed by atoms with Crippen molar-refractivity contribution in [3.8, 4) is 0 Å². The summed E-state index contributed by atoms with van der Waals surface area (Å²) in [6.07, 6.45) is 6.48. The van der Waals surface area contributed by atoms with Crippen LogP contribution < -0.4 is 10.6 Å². The Morgan fingerprint density at radius 1 is 1.22 bits per heavy atom. The van der Waals surface area contributed by atoms with Crippen molar-refractivity contribution in [1.82, 2.24) is 25.2 Å². The van der Waals surface area contributed by atoms with E-state index in [1.165, 1.54) is 0 Å². The van der Waals surface area contributed by atoms with Crippen molar-refractivity contribution in [3.05, 3.63) is 30.2 Å². The van der Waals surface area contributed by atoms with Crippen LogP contribution in [0.3, 0.4) is 0 Å². The minimum atomic E-state index is -0.827. The number of amides is 2. The first kappa shape index (κ1) is 17.2. The summed E-state index contributed by atoms with van der Waals surface area (Å²) in [5.74, 6) is 0. The summed E-state index contributed by atoms with van der Waals surface area (Å²) in [5, 5.41) is 20.2. The monoisotopic (exact) mass is 319 g/mol. The quantitative estimate of drug-likeness (QED) is 0.692. The average molecular weight is 319 g/mol. The zero-order valence-corrected chi connectivity index (χ0v) is 13.7. The van der Waals surface area contributed by atoms with Crippen LogP contribution >= 0.6 is 0 Å². The molecule has 0 aliphatic rings. The van der Waals surface area contributed by atoms with E-state index in [4.69, 9.17) is 0 Å². The first-order valence-electron chi connectivity index (χ1n) is 8.09. The number of fused-ring (bicyclic) bond motifs is 1. The molecule has 0 aliphatic heterocycles. The van der Waals surface area contributed by atoms with Crippen LogP contribution in [0.4, 0.5) is 4.79 Å². The van der Waals surface area contributed by atoms with Gasteiger partial charge in [-0.2, -0.15) is 5.10 Å². The number of aliphatic hydroxyl groups is 1. The van der Waals surface area contributed by atoms with Crippen LogP contribution in [0.25, 0.3) is 5.65 Å². The van der Waals surface area contributed by atoms with Crippen LogP contribution in [0.1, 0.15) is 45.2 Å². The first-order chi connectivity index (χ1) is 11.1. The number of nitrogens with zero attached hydrogens (tertiary/aromatic N) is 3. The van der Waals surface area contributed by atoms with E-state index in [1.807, 2.05) is 19.9 Å². The predicted octanol–water partition coefficient (Wildman–Crippen LogP) is 1.86. The molecule has 0 fully saturated rings. The van der Waals surface area contributed by atoms with Gasteiger partial charge in [0.25, 0.3) is 0 Å². The Bertz CT molecular complexity index is 634. The van der Waals surface area contributed by atoms with E-state index in [-0.39, 0.29) is 12.6 Å². The smallest absolute Gasteiger partial charge is 0.315 e. The van der Waals surface area contributed by atoms with E-state index in [9.17, 15) is 9.90 Å². The molecule has 0 saturated carbocycles. The van der Waals surface area contributed by atoms with Crippen LogP contribution in [0, 0.1) is 0 Å². The molecule has 2 aromatic rings. The third-order valence-corrected chi connectivity index (χ3v) is 3.81. The van der Waals surface area contributed by atoms with Crippen molar-refractivity contribution in [2.45, 2.75) is 51.7 Å². The van der Waals surface area contributed by atoms with Crippen molar-refractivity contribution in [1.29, 1.82) is 0 Å². The van der Waals surface area contributed by atoms with Gasteiger partial charge in [0, 0.05) is 18.8 Å². The Morgan fingerprint density at radius 3 is 2.65 bits per heavy atom. The summed E-state index contributed by atoms with van der Waals surface area (Å²) in [7, 11) is 0. The number of carbonyl (C=O) groups excluding carboxylic acids is 1. The fourth-order valence-electron chi connectivity index (χ4n) is 2.73. The Morgan fingerprint density at radius 2 is 1.96 bits per heavy atom. The van der Waals surface area contributed by atoms with Gasteiger partial charge in [0.15, 0.2) is 5.65 Å². The lowest BCUT2D eigenvalue weighted by Crippen LogP contribution is -2.46.